The molecule has 1 heterocycles. The Balaban J connectivity index is 2.82. The summed E-state index contributed by atoms with van der Waals surface area (Å²) in [5.74, 6) is -0.735. The fourth-order valence-electron chi connectivity index (χ4n) is 1.33. The van der Waals surface area contributed by atoms with E-state index in [0.29, 0.717) is 4.47 Å². The van der Waals surface area contributed by atoms with E-state index in [9.17, 15) is 18.0 Å². The average Bonchev–Trinajstić information content (AvgIpc) is 2.55. The molecule has 0 aliphatic heterocycles. The lowest BCUT2D eigenvalue weighted by atomic mass is 10.3. The molecule has 0 aromatic carbocycles. The van der Waals surface area contributed by atoms with Crippen molar-refractivity contribution in [3.05, 3.63) is 22.4 Å². The molecule has 0 aliphatic rings. The molecular weight excluding hydrogens is 301 g/mol. The Kier molecular flexibility index (Phi) is 4.24. The highest BCUT2D eigenvalue weighted by Crippen LogP contribution is 2.20. The van der Waals surface area contributed by atoms with Gasteiger partial charge in [0.2, 0.25) is 0 Å². The van der Waals surface area contributed by atoms with Gasteiger partial charge in [-0.25, -0.2) is 0 Å². The highest BCUT2D eigenvalue weighted by Gasteiger charge is 2.28. The average molecular weight is 313 g/mol. The van der Waals surface area contributed by atoms with E-state index >= 15 is 0 Å². The molecule has 7 heteroatoms. The number of nitrogens with zero attached hydrogens (tertiary/aromatic N) is 1. The number of hydrogen-bond donors (Lipinski definition) is 1. The van der Waals surface area contributed by atoms with E-state index in [0.717, 1.165) is 0 Å². The lowest BCUT2D eigenvalue weighted by molar-refractivity contribution is -0.123. The van der Waals surface area contributed by atoms with E-state index in [1.165, 1.54) is 6.07 Å². The predicted octanol–water partition coefficient (Wildman–Crippen LogP) is 3.12. The van der Waals surface area contributed by atoms with Gasteiger partial charge in [0.25, 0.3) is 5.91 Å². The summed E-state index contributed by atoms with van der Waals surface area (Å²) in [6.07, 6.45) is -2.74. The Labute approximate surface area is 105 Å². The number of rotatable bonds is 3. The van der Waals surface area contributed by atoms with Crippen molar-refractivity contribution in [3.63, 3.8) is 0 Å². The molecule has 0 fully saturated rings. The highest BCUT2D eigenvalue weighted by molar-refractivity contribution is 9.10. The number of alkyl halides is 3. The third kappa shape index (κ3) is 4.07. The molecule has 1 aromatic rings. The maximum Gasteiger partial charge on any atom is 0.405 e. The second kappa shape index (κ2) is 5.12. The van der Waals surface area contributed by atoms with Crippen LogP contribution in [0.25, 0.3) is 0 Å². The number of hydrogen-bond acceptors (Lipinski definition) is 1. The SMILES string of the molecule is CC(C)n1cc(Br)cc1C(=O)NCC(F)(F)F. The number of carbonyl (C=O) groups is 1. The zero-order valence-electron chi connectivity index (χ0n) is 9.31. The van der Waals surface area contributed by atoms with Crippen LogP contribution < -0.4 is 5.32 Å². The van der Waals surface area contributed by atoms with Gasteiger partial charge in [-0.1, -0.05) is 0 Å². The van der Waals surface area contributed by atoms with Crippen molar-refractivity contribution < 1.29 is 18.0 Å². The Bertz CT molecular complexity index is 412. The Morgan fingerprint density at radius 3 is 2.59 bits per heavy atom. The van der Waals surface area contributed by atoms with Crippen molar-refractivity contribution in [2.24, 2.45) is 0 Å². The van der Waals surface area contributed by atoms with Crippen LogP contribution in [-0.2, 0) is 0 Å². The highest BCUT2D eigenvalue weighted by atomic mass is 79.9. The predicted molar refractivity (Wildman–Crippen MR) is 60.9 cm³/mol. The molecule has 0 bridgehead atoms. The first kappa shape index (κ1) is 14.1. The van der Waals surface area contributed by atoms with E-state index in [4.69, 9.17) is 0 Å². The number of nitrogens with one attached hydrogen (secondary N) is 1. The van der Waals surface area contributed by atoms with Gasteiger partial charge in [0, 0.05) is 16.7 Å². The van der Waals surface area contributed by atoms with Gasteiger partial charge in [0.05, 0.1) is 0 Å². The summed E-state index contributed by atoms with van der Waals surface area (Å²) in [5, 5.41) is 1.84. The number of amides is 1. The molecule has 0 atom stereocenters. The molecule has 3 nitrogen and oxygen atoms in total. The van der Waals surface area contributed by atoms with Crippen molar-refractivity contribution in [2.75, 3.05) is 6.54 Å². The fourth-order valence-corrected chi connectivity index (χ4v) is 1.76. The summed E-state index contributed by atoms with van der Waals surface area (Å²) in [4.78, 5) is 11.6. The first-order valence-corrected chi connectivity index (χ1v) is 5.72. The normalized spacial score (nSPS) is 11.9. The quantitative estimate of drug-likeness (QED) is 0.914. The van der Waals surface area contributed by atoms with Gasteiger partial charge in [-0.15, -0.1) is 0 Å². The molecule has 0 spiro atoms. The summed E-state index contributed by atoms with van der Waals surface area (Å²) in [5.41, 5.74) is 0.205. The topological polar surface area (TPSA) is 34.0 Å². The minimum absolute atomic E-state index is 0.00654. The van der Waals surface area contributed by atoms with Crippen molar-refractivity contribution in [2.45, 2.75) is 26.1 Å². The lowest BCUT2D eigenvalue weighted by Gasteiger charge is -2.13. The Morgan fingerprint density at radius 2 is 2.12 bits per heavy atom. The van der Waals surface area contributed by atoms with Gasteiger partial charge in [-0.2, -0.15) is 13.2 Å². The third-order valence-electron chi connectivity index (χ3n) is 2.05. The van der Waals surface area contributed by atoms with Gasteiger partial charge < -0.3 is 9.88 Å². The molecule has 0 unspecified atom stereocenters. The van der Waals surface area contributed by atoms with E-state index in [-0.39, 0.29) is 11.7 Å². The first-order valence-electron chi connectivity index (χ1n) is 4.93. The van der Waals surface area contributed by atoms with Crippen LogP contribution in [0.3, 0.4) is 0 Å². The van der Waals surface area contributed by atoms with Crippen LogP contribution in [0.2, 0.25) is 0 Å². The summed E-state index contributed by atoms with van der Waals surface area (Å²) < 4.78 is 38.2. The zero-order chi connectivity index (χ0) is 13.2. The summed E-state index contributed by atoms with van der Waals surface area (Å²) in [7, 11) is 0. The maximum atomic E-state index is 12.0. The van der Waals surface area contributed by atoms with E-state index < -0.39 is 18.6 Å². The summed E-state index contributed by atoms with van der Waals surface area (Å²) in [6.45, 7) is 2.35. The van der Waals surface area contributed by atoms with Crippen LogP contribution >= 0.6 is 15.9 Å². The second-order valence-electron chi connectivity index (χ2n) is 3.84. The molecule has 0 aliphatic carbocycles. The van der Waals surface area contributed by atoms with E-state index in [1.807, 2.05) is 19.2 Å². The second-order valence-corrected chi connectivity index (χ2v) is 4.76. The van der Waals surface area contributed by atoms with Gasteiger partial charge in [0.1, 0.15) is 12.2 Å². The lowest BCUT2D eigenvalue weighted by Crippen LogP contribution is -2.34. The number of carbonyl (C=O) groups excluding carboxylic acids is 1. The summed E-state index contributed by atoms with van der Waals surface area (Å²) >= 11 is 3.19. The van der Waals surface area contributed by atoms with Crippen molar-refractivity contribution in [1.82, 2.24) is 9.88 Å². The summed E-state index contributed by atoms with van der Waals surface area (Å²) in [6, 6.07) is 1.49. The minimum Gasteiger partial charge on any atom is -0.342 e. The van der Waals surface area contributed by atoms with Crippen molar-refractivity contribution in [1.29, 1.82) is 0 Å². The number of aromatic nitrogens is 1. The smallest absolute Gasteiger partial charge is 0.342 e. The largest absolute Gasteiger partial charge is 0.405 e. The van der Waals surface area contributed by atoms with Crippen LogP contribution in [0.15, 0.2) is 16.7 Å². The Morgan fingerprint density at radius 1 is 1.53 bits per heavy atom. The molecule has 0 saturated carbocycles. The van der Waals surface area contributed by atoms with Crippen LogP contribution in [0, 0.1) is 0 Å². The zero-order valence-corrected chi connectivity index (χ0v) is 10.9. The van der Waals surface area contributed by atoms with Crippen LogP contribution in [0.5, 0.6) is 0 Å². The maximum absolute atomic E-state index is 12.0. The molecule has 96 valence electrons. The number of halogens is 4. The fraction of sp³-hybridized carbons (Fsp3) is 0.500. The van der Waals surface area contributed by atoms with Gasteiger partial charge >= 0.3 is 6.18 Å². The molecule has 1 amide bonds. The minimum atomic E-state index is -4.40. The standard InChI is InChI=1S/C10H12BrF3N2O/c1-6(2)16-4-7(11)3-8(16)9(17)15-5-10(12,13)14/h3-4,6H,5H2,1-2H3,(H,15,17). The van der Waals surface area contributed by atoms with Gasteiger partial charge in [0.15, 0.2) is 0 Å². The molecule has 0 saturated heterocycles. The van der Waals surface area contributed by atoms with Crippen LogP contribution in [0.1, 0.15) is 30.4 Å². The van der Waals surface area contributed by atoms with Gasteiger partial charge in [-0.3, -0.25) is 4.79 Å². The van der Waals surface area contributed by atoms with Crippen LogP contribution in [-0.4, -0.2) is 23.2 Å². The van der Waals surface area contributed by atoms with Crippen molar-refractivity contribution >= 4 is 21.8 Å². The monoisotopic (exact) mass is 312 g/mol. The van der Waals surface area contributed by atoms with Crippen molar-refractivity contribution in [3.8, 4) is 0 Å². The van der Waals surface area contributed by atoms with E-state index in [2.05, 4.69) is 15.9 Å². The molecule has 1 aromatic heterocycles. The first-order chi connectivity index (χ1) is 7.70. The molecule has 17 heavy (non-hydrogen) atoms. The molecule has 1 rings (SSSR count). The molecule has 1 N–H and O–H groups in total. The van der Waals surface area contributed by atoms with Gasteiger partial charge in [-0.05, 0) is 35.8 Å². The van der Waals surface area contributed by atoms with E-state index in [1.54, 1.807) is 10.8 Å². The van der Waals surface area contributed by atoms with Crippen LogP contribution in [0.4, 0.5) is 13.2 Å². The Hall–Kier alpha value is -0.980. The molecular formula is C10H12BrF3N2O. The third-order valence-corrected chi connectivity index (χ3v) is 2.49. The molecule has 0 radical (unpaired) electrons.